The maximum Gasteiger partial charge on any atom is 0.0550 e. The molecule has 1 fully saturated rings. The second kappa shape index (κ2) is 4.38. The van der Waals surface area contributed by atoms with Gasteiger partial charge in [0.05, 0.1) is 5.69 Å². The lowest BCUT2D eigenvalue weighted by atomic mass is 10.1. The van der Waals surface area contributed by atoms with Crippen LogP contribution in [-0.4, -0.2) is 23.0 Å². The SMILES string of the molecule is [c]1ccnc(CN2CCCCC2)c1. The Hall–Kier alpha value is -0.890. The zero-order valence-corrected chi connectivity index (χ0v) is 7.87. The maximum atomic E-state index is 4.30. The predicted molar refractivity (Wildman–Crippen MR) is 52.2 cm³/mol. The Morgan fingerprint density at radius 2 is 2.15 bits per heavy atom. The van der Waals surface area contributed by atoms with Crippen LogP contribution in [-0.2, 0) is 6.54 Å². The molecule has 0 aromatic carbocycles. The Labute approximate surface area is 79.6 Å². The van der Waals surface area contributed by atoms with E-state index >= 15 is 0 Å². The highest BCUT2D eigenvalue weighted by Crippen LogP contribution is 2.10. The molecule has 2 nitrogen and oxygen atoms in total. The second-order valence-electron chi connectivity index (χ2n) is 3.58. The van der Waals surface area contributed by atoms with Gasteiger partial charge in [0.25, 0.3) is 0 Å². The van der Waals surface area contributed by atoms with Crippen LogP contribution >= 0.6 is 0 Å². The van der Waals surface area contributed by atoms with Crippen molar-refractivity contribution in [3.63, 3.8) is 0 Å². The summed E-state index contributed by atoms with van der Waals surface area (Å²) < 4.78 is 0. The van der Waals surface area contributed by atoms with E-state index < -0.39 is 0 Å². The summed E-state index contributed by atoms with van der Waals surface area (Å²) in [5.41, 5.74) is 1.14. The topological polar surface area (TPSA) is 16.1 Å². The van der Waals surface area contributed by atoms with Gasteiger partial charge in [-0.15, -0.1) is 0 Å². The third-order valence-electron chi connectivity index (χ3n) is 2.50. The first kappa shape index (κ1) is 8.70. The van der Waals surface area contributed by atoms with Crippen molar-refractivity contribution < 1.29 is 0 Å². The summed E-state index contributed by atoms with van der Waals surface area (Å²) >= 11 is 0. The zero-order valence-electron chi connectivity index (χ0n) is 7.87. The van der Waals surface area contributed by atoms with Crippen LogP contribution in [0, 0.1) is 6.07 Å². The molecular weight excluding hydrogens is 160 g/mol. The molecule has 2 rings (SSSR count). The number of nitrogens with zero attached hydrogens (tertiary/aromatic N) is 2. The van der Waals surface area contributed by atoms with Crippen LogP contribution in [0.15, 0.2) is 18.3 Å². The minimum atomic E-state index is 0.997. The van der Waals surface area contributed by atoms with Gasteiger partial charge in [0.1, 0.15) is 0 Å². The summed E-state index contributed by atoms with van der Waals surface area (Å²) in [4.78, 5) is 6.77. The quantitative estimate of drug-likeness (QED) is 0.682. The molecule has 0 saturated carbocycles. The molecule has 0 spiro atoms. The summed E-state index contributed by atoms with van der Waals surface area (Å²) in [6.45, 7) is 3.46. The number of hydrogen-bond acceptors (Lipinski definition) is 2. The Balaban J connectivity index is 1.90. The van der Waals surface area contributed by atoms with Gasteiger partial charge in [0, 0.05) is 12.7 Å². The van der Waals surface area contributed by atoms with Crippen molar-refractivity contribution in [3.8, 4) is 0 Å². The molecule has 13 heavy (non-hydrogen) atoms. The molecule has 1 aliphatic rings. The standard InChI is InChI=1S/C11H15N2/c1-4-8-13(9-5-1)10-11-6-2-3-7-12-11/h3,6-7H,1,4-5,8-10H2. The Morgan fingerprint density at radius 3 is 2.85 bits per heavy atom. The van der Waals surface area contributed by atoms with Crippen molar-refractivity contribution in [2.24, 2.45) is 0 Å². The number of aromatic nitrogens is 1. The molecule has 1 radical (unpaired) electrons. The third-order valence-corrected chi connectivity index (χ3v) is 2.50. The third kappa shape index (κ3) is 2.52. The highest BCUT2D eigenvalue weighted by atomic mass is 15.1. The Kier molecular flexibility index (Phi) is 2.93. The van der Waals surface area contributed by atoms with E-state index in [0.717, 1.165) is 12.2 Å². The fourth-order valence-corrected chi connectivity index (χ4v) is 1.79. The van der Waals surface area contributed by atoms with Crippen LogP contribution in [0.5, 0.6) is 0 Å². The van der Waals surface area contributed by atoms with Crippen molar-refractivity contribution in [3.05, 3.63) is 30.1 Å². The van der Waals surface area contributed by atoms with E-state index in [1.165, 1.54) is 32.4 Å². The highest BCUT2D eigenvalue weighted by molar-refractivity contribution is 5.01. The molecule has 1 saturated heterocycles. The van der Waals surface area contributed by atoms with Crippen molar-refractivity contribution in [1.82, 2.24) is 9.88 Å². The largest absolute Gasteiger partial charge is 0.298 e. The van der Waals surface area contributed by atoms with Crippen LogP contribution in [0.3, 0.4) is 0 Å². The molecule has 0 N–H and O–H groups in total. The average molecular weight is 175 g/mol. The van der Waals surface area contributed by atoms with Crippen molar-refractivity contribution in [1.29, 1.82) is 0 Å². The smallest absolute Gasteiger partial charge is 0.0550 e. The maximum absolute atomic E-state index is 4.30. The lowest BCUT2D eigenvalue weighted by molar-refractivity contribution is 0.218. The van der Waals surface area contributed by atoms with Gasteiger partial charge in [-0.05, 0) is 44.1 Å². The molecule has 1 aromatic heterocycles. The summed E-state index contributed by atoms with van der Waals surface area (Å²) in [7, 11) is 0. The summed E-state index contributed by atoms with van der Waals surface area (Å²) in [5, 5.41) is 0. The number of pyridine rings is 1. The second-order valence-corrected chi connectivity index (χ2v) is 3.58. The number of piperidine rings is 1. The summed E-state index contributed by atoms with van der Waals surface area (Å²) in [6, 6.07) is 6.89. The average Bonchev–Trinajstić information content (AvgIpc) is 2.21. The van der Waals surface area contributed by atoms with E-state index in [0.29, 0.717) is 0 Å². The van der Waals surface area contributed by atoms with Crippen LogP contribution in [0.25, 0.3) is 0 Å². The minimum Gasteiger partial charge on any atom is -0.298 e. The van der Waals surface area contributed by atoms with Crippen LogP contribution in [0.2, 0.25) is 0 Å². The first-order valence-corrected chi connectivity index (χ1v) is 4.98. The van der Waals surface area contributed by atoms with Gasteiger partial charge in [-0.2, -0.15) is 0 Å². The number of hydrogen-bond donors (Lipinski definition) is 0. The van der Waals surface area contributed by atoms with E-state index in [2.05, 4.69) is 16.0 Å². The molecule has 69 valence electrons. The van der Waals surface area contributed by atoms with Gasteiger partial charge in [-0.1, -0.05) is 6.42 Å². The fourth-order valence-electron chi connectivity index (χ4n) is 1.79. The summed E-state index contributed by atoms with van der Waals surface area (Å²) in [5.74, 6) is 0. The van der Waals surface area contributed by atoms with Gasteiger partial charge < -0.3 is 0 Å². The number of rotatable bonds is 2. The molecule has 1 aliphatic heterocycles. The van der Waals surface area contributed by atoms with E-state index in [4.69, 9.17) is 0 Å². The molecule has 0 amide bonds. The lowest BCUT2D eigenvalue weighted by Crippen LogP contribution is -2.29. The van der Waals surface area contributed by atoms with Gasteiger partial charge >= 0.3 is 0 Å². The first-order valence-electron chi connectivity index (χ1n) is 4.98. The normalized spacial score (nSPS) is 18.8. The molecule has 0 atom stereocenters. The Morgan fingerprint density at radius 1 is 1.31 bits per heavy atom. The van der Waals surface area contributed by atoms with Crippen molar-refractivity contribution in [2.45, 2.75) is 25.8 Å². The van der Waals surface area contributed by atoms with E-state index in [1.807, 2.05) is 18.3 Å². The van der Waals surface area contributed by atoms with Gasteiger partial charge in [0.15, 0.2) is 0 Å². The monoisotopic (exact) mass is 175 g/mol. The first-order chi connectivity index (χ1) is 6.45. The highest BCUT2D eigenvalue weighted by Gasteiger charge is 2.10. The minimum absolute atomic E-state index is 0.997. The molecule has 2 heterocycles. The van der Waals surface area contributed by atoms with Crippen LogP contribution in [0.4, 0.5) is 0 Å². The van der Waals surface area contributed by atoms with Crippen LogP contribution < -0.4 is 0 Å². The van der Waals surface area contributed by atoms with Gasteiger partial charge in [0.2, 0.25) is 0 Å². The summed E-state index contributed by atoms with van der Waals surface area (Å²) in [6.07, 6.45) is 5.90. The lowest BCUT2D eigenvalue weighted by Gasteiger charge is -2.25. The van der Waals surface area contributed by atoms with E-state index in [-0.39, 0.29) is 0 Å². The van der Waals surface area contributed by atoms with Crippen molar-refractivity contribution in [2.75, 3.05) is 13.1 Å². The molecule has 0 bridgehead atoms. The predicted octanol–water partition coefficient (Wildman–Crippen LogP) is 1.87. The molecular formula is C11H15N2. The Bertz CT molecular complexity index is 240. The molecule has 0 unspecified atom stereocenters. The molecule has 0 aliphatic carbocycles. The molecule has 2 heteroatoms. The van der Waals surface area contributed by atoms with E-state index in [1.54, 1.807) is 0 Å². The van der Waals surface area contributed by atoms with Crippen molar-refractivity contribution >= 4 is 0 Å². The van der Waals surface area contributed by atoms with Crippen LogP contribution in [0.1, 0.15) is 25.0 Å². The zero-order chi connectivity index (χ0) is 8.93. The van der Waals surface area contributed by atoms with Gasteiger partial charge in [-0.3, -0.25) is 9.88 Å². The van der Waals surface area contributed by atoms with Gasteiger partial charge in [-0.25, -0.2) is 0 Å². The fraction of sp³-hybridized carbons (Fsp3) is 0.545. The van der Waals surface area contributed by atoms with E-state index in [9.17, 15) is 0 Å². The molecule has 1 aromatic rings. The number of likely N-dealkylation sites (tertiary alicyclic amines) is 1.